The van der Waals surface area contributed by atoms with Crippen molar-refractivity contribution >= 4 is 39.8 Å². The summed E-state index contributed by atoms with van der Waals surface area (Å²) in [5.74, 6) is -1.51. The number of aryl methyl sites for hydroxylation is 1. The largest absolute Gasteiger partial charge is 0.362 e. The molecule has 8 nitrogen and oxygen atoms in total. The highest BCUT2D eigenvalue weighted by molar-refractivity contribution is 7.98. The van der Waals surface area contributed by atoms with Crippen LogP contribution in [-0.2, 0) is 19.9 Å². The Morgan fingerprint density at radius 2 is 1.82 bits per heavy atom. The van der Waals surface area contributed by atoms with Crippen molar-refractivity contribution < 1.29 is 22.6 Å². The number of carbonyl (C=O) groups excluding carboxylic acids is 2. The van der Waals surface area contributed by atoms with Gasteiger partial charge in [0.2, 0.25) is 0 Å². The van der Waals surface area contributed by atoms with E-state index in [1.807, 2.05) is 31.2 Å². The molecule has 1 atom stereocenters. The van der Waals surface area contributed by atoms with E-state index in [1.54, 1.807) is 30.3 Å². The molecule has 1 aliphatic heterocycles. The van der Waals surface area contributed by atoms with Gasteiger partial charge in [-0.05, 0) is 19.1 Å². The Hall–Kier alpha value is -2.69. The maximum Gasteiger partial charge on any atom is 0.362 e. The predicted octanol–water partition coefficient (Wildman–Crippen LogP) is 1.62. The first kappa shape index (κ1) is 20.1. The van der Waals surface area contributed by atoms with Crippen molar-refractivity contribution in [1.82, 2.24) is 9.62 Å². The van der Waals surface area contributed by atoms with E-state index in [9.17, 15) is 18.0 Å². The lowest BCUT2D eigenvalue weighted by atomic mass is 10.1. The van der Waals surface area contributed by atoms with Crippen molar-refractivity contribution in [2.75, 3.05) is 6.54 Å². The fourth-order valence-corrected chi connectivity index (χ4v) is 3.79. The lowest BCUT2D eigenvalue weighted by Crippen LogP contribution is -2.65. The van der Waals surface area contributed by atoms with Crippen molar-refractivity contribution in [2.24, 2.45) is 4.40 Å². The zero-order chi connectivity index (χ0) is 20.3. The van der Waals surface area contributed by atoms with Crippen LogP contribution in [-0.4, -0.2) is 47.4 Å². The number of nitrogens with zero attached hydrogens (tertiary/aromatic N) is 2. The van der Waals surface area contributed by atoms with Crippen LogP contribution in [0.2, 0.25) is 0 Å². The van der Waals surface area contributed by atoms with Gasteiger partial charge in [-0.3, -0.25) is 14.1 Å². The molecule has 1 heterocycles. The summed E-state index contributed by atoms with van der Waals surface area (Å²) in [5.41, 5.74) is 1.75. The lowest BCUT2D eigenvalue weighted by molar-refractivity contribution is -0.139. The Labute approximate surface area is 166 Å². The summed E-state index contributed by atoms with van der Waals surface area (Å²) in [4.78, 5) is 25.4. The van der Waals surface area contributed by atoms with E-state index in [2.05, 4.69) is 9.71 Å². The summed E-state index contributed by atoms with van der Waals surface area (Å²) in [6.07, 6.45) is 0. The van der Waals surface area contributed by atoms with Gasteiger partial charge < -0.3 is 5.32 Å². The third-order valence-corrected chi connectivity index (χ3v) is 5.64. The Morgan fingerprint density at radius 1 is 1.18 bits per heavy atom. The van der Waals surface area contributed by atoms with Crippen LogP contribution in [0, 0.1) is 6.92 Å². The molecule has 2 N–H and O–H groups in total. The summed E-state index contributed by atoms with van der Waals surface area (Å²) in [7, 11) is -4.61. The molecule has 0 saturated carbocycles. The number of nitrogens with one attached hydrogen (secondary N) is 1. The van der Waals surface area contributed by atoms with Gasteiger partial charge in [-0.1, -0.05) is 48.0 Å². The number of benzene rings is 2. The first-order valence-corrected chi connectivity index (χ1v) is 10.4. The maximum atomic E-state index is 12.7. The smallest absolute Gasteiger partial charge is 0.337 e. The molecular formula is C18H17N3O5S2. The molecule has 10 heteroatoms. The van der Waals surface area contributed by atoms with E-state index in [0.717, 1.165) is 22.4 Å². The van der Waals surface area contributed by atoms with Gasteiger partial charge in [0, 0.05) is 22.4 Å². The molecule has 2 aromatic rings. The minimum atomic E-state index is -4.61. The average molecular weight is 419 g/mol. The lowest BCUT2D eigenvalue weighted by Gasteiger charge is -2.35. The first-order valence-electron chi connectivity index (χ1n) is 8.22. The Bertz CT molecular complexity index is 1020. The molecule has 0 bridgehead atoms. The highest BCUT2D eigenvalue weighted by Gasteiger charge is 2.44. The van der Waals surface area contributed by atoms with E-state index < -0.39 is 28.2 Å². The zero-order valence-electron chi connectivity index (χ0n) is 14.8. The van der Waals surface area contributed by atoms with Gasteiger partial charge in [-0.15, -0.1) is 0 Å². The van der Waals surface area contributed by atoms with E-state index in [4.69, 9.17) is 4.55 Å². The summed E-state index contributed by atoms with van der Waals surface area (Å²) in [5, 5.41) is 2.46. The van der Waals surface area contributed by atoms with Crippen LogP contribution in [0.5, 0.6) is 0 Å². The van der Waals surface area contributed by atoms with Gasteiger partial charge in [0.1, 0.15) is 11.8 Å². The molecule has 1 fully saturated rings. The third-order valence-electron chi connectivity index (χ3n) is 4.00. The van der Waals surface area contributed by atoms with Crippen LogP contribution in [0.3, 0.4) is 0 Å². The van der Waals surface area contributed by atoms with Crippen molar-refractivity contribution in [1.29, 1.82) is 0 Å². The van der Waals surface area contributed by atoms with Gasteiger partial charge in [-0.25, -0.2) is 8.70 Å². The van der Waals surface area contributed by atoms with Crippen molar-refractivity contribution in [3.8, 4) is 0 Å². The Kier molecular flexibility index (Phi) is 5.82. The van der Waals surface area contributed by atoms with Crippen molar-refractivity contribution in [3.63, 3.8) is 0 Å². The highest BCUT2D eigenvalue weighted by Crippen LogP contribution is 2.21. The van der Waals surface area contributed by atoms with E-state index in [1.165, 1.54) is 0 Å². The van der Waals surface area contributed by atoms with Gasteiger partial charge >= 0.3 is 10.3 Å². The first-order chi connectivity index (χ1) is 13.3. The zero-order valence-corrected chi connectivity index (χ0v) is 16.4. The number of rotatable bonds is 6. The second-order valence-corrected chi connectivity index (χ2v) is 8.26. The van der Waals surface area contributed by atoms with Crippen LogP contribution in [0.15, 0.2) is 63.9 Å². The van der Waals surface area contributed by atoms with Gasteiger partial charge in [0.15, 0.2) is 0 Å². The molecule has 0 spiro atoms. The van der Waals surface area contributed by atoms with Crippen LogP contribution in [0.25, 0.3) is 0 Å². The molecular weight excluding hydrogens is 402 g/mol. The number of hydrogen-bond acceptors (Lipinski definition) is 6. The van der Waals surface area contributed by atoms with Gasteiger partial charge in [0.05, 0.1) is 6.54 Å². The average Bonchev–Trinajstić information content (AvgIpc) is 2.66. The number of β-lactam (4-membered cyclic amide) rings is 1. The standard InChI is InChI=1S/C18H17N3O5S2/c1-12-7-9-14(10-8-12)27-20-16(13-5-3-2-4-6-13)17(22)19-15-11-21(18(15)23)28(24,25)26/h2-10,15H,11H2,1H3,(H,19,22)(H,24,25,26). The van der Waals surface area contributed by atoms with Crippen LogP contribution in [0.1, 0.15) is 11.1 Å². The quantitative estimate of drug-likeness (QED) is 0.318. The maximum absolute atomic E-state index is 12.7. The molecule has 1 saturated heterocycles. The molecule has 3 rings (SSSR count). The van der Waals surface area contributed by atoms with Gasteiger partial charge in [-0.2, -0.15) is 8.42 Å². The third kappa shape index (κ3) is 4.58. The molecule has 2 aromatic carbocycles. The SMILES string of the molecule is Cc1ccc(SN=C(C(=O)NC2CN(S(=O)(=O)O)C2=O)c2ccccc2)cc1. The minimum Gasteiger partial charge on any atom is -0.337 e. The summed E-state index contributed by atoms with van der Waals surface area (Å²) in [6, 6.07) is 15.3. The summed E-state index contributed by atoms with van der Waals surface area (Å²) in [6.45, 7) is 1.64. The molecule has 1 aliphatic rings. The molecule has 28 heavy (non-hydrogen) atoms. The van der Waals surface area contributed by atoms with Gasteiger partial charge in [0.25, 0.3) is 11.8 Å². The summed E-state index contributed by atoms with van der Waals surface area (Å²) >= 11 is 1.11. The second-order valence-electron chi connectivity index (χ2n) is 6.08. The Balaban J connectivity index is 1.77. The van der Waals surface area contributed by atoms with Crippen molar-refractivity contribution in [3.05, 3.63) is 65.7 Å². The fourth-order valence-electron chi connectivity index (χ4n) is 2.46. The molecule has 0 aromatic heterocycles. The number of hydrogen-bond donors (Lipinski definition) is 2. The molecule has 0 aliphatic carbocycles. The minimum absolute atomic E-state index is 0.101. The predicted molar refractivity (Wildman–Crippen MR) is 105 cm³/mol. The van der Waals surface area contributed by atoms with E-state index in [-0.39, 0.29) is 12.3 Å². The molecule has 2 amide bonds. The monoisotopic (exact) mass is 419 g/mol. The summed E-state index contributed by atoms with van der Waals surface area (Å²) < 4.78 is 35.6. The fraction of sp³-hybridized carbons (Fsp3) is 0.167. The van der Waals surface area contributed by atoms with E-state index in [0.29, 0.717) is 9.87 Å². The molecule has 0 radical (unpaired) electrons. The normalized spacial score (nSPS) is 17.2. The Morgan fingerprint density at radius 3 is 2.39 bits per heavy atom. The van der Waals surface area contributed by atoms with Crippen LogP contribution >= 0.6 is 11.9 Å². The van der Waals surface area contributed by atoms with E-state index >= 15 is 0 Å². The van der Waals surface area contributed by atoms with Crippen LogP contribution in [0.4, 0.5) is 0 Å². The highest BCUT2D eigenvalue weighted by atomic mass is 32.2. The number of amides is 2. The second kappa shape index (κ2) is 8.13. The van der Waals surface area contributed by atoms with Crippen molar-refractivity contribution in [2.45, 2.75) is 17.9 Å². The van der Waals surface area contributed by atoms with Crippen LogP contribution < -0.4 is 5.32 Å². The number of carbonyl (C=O) groups is 2. The topological polar surface area (TPSA) is 116 Å². The molecule has 146 valence electrons. The molecule has 1 unspecified atom stereocenters.